The second-order valence-electron chi connectivity index (χ2n) is 2.43. The fourth-order valence-corrected chi connectivity index (χ4v) is 3.07. The Morgan fingerprint density at radius 2 is 1.82 bits per heavy atom. The van der Waals surface area contributed by atoms with Gasteiger partial charge < -0.3 is 4.57 Å². The first-order valence-corrected chi connectivity index (χ1v) is 5.50. The first-order valence-electron chi connectivity index (χ1n) is 3.12. The maximum atomic E-state index is 4.18. The molecule has 0 bridgehead atoms. The Bertz CT molecular complexity index is 267. The van der Waals surface area contributed by atoms with Gasteiger partial charge in [0.05, 0.1) is 0 Å². The summed E-state index contributed by atoms with van der Waals surface area (Å²) in [5.74, 6) is 0. The minimum Gasteiger partial charge on any atom is -0.310 e. The van der Waals surface area contributed by atoms with Gasteiger partial charge >= 0.3 is 0 Å². The highest BCUT2D eigenvalue weighted by Gasteiger charge is 2.12. The molecular weight excluding hydrogens is 340 g/mol. The van der Waals surface area contributed by atoms with Crippen LogP contribution in [0.5, 0.6) is 0 Å². The SMILES string of the molecule is CC(C)n1c(Br)nc(Br)c1Br. The third-order valence-corrected chi connectivity index (χ3v) is 3.69. The van der Waals surface area contributed by atoms with Gasteiger partial charge in [0.25, 0.3) is 0 Å². The van der Waals surface area contributed by atoms with Crippen LogP contribution in [-0.4, -0.2) is 9.55 Å². The molecule has 62 valence electrons. The summed E-state index contributed by atoms with van der Waals surface area (Å²) in [5, 5.41) is 0. The van der Waals surface area contributed by atoms with Crippen molar-refractivity contribution >= 4 is 47.8 Å². The first kappa shape index (κ1) is 9.74. The summed E-state index contributed by atoms with van der Waals surface area (Å²) in [6.07, 6.45) is 0. The van der Waals surface area contributed by atoms with E-state index in [1.165, 1.54) is 0 Å². The molecule has 2 nitrogen and oxygen atoms in total. The van der Waals surface area contributed by atoms with Crippen LogP contribution in [0.4, 0.5) is 0 Å². The zero-order chi connectivity index (χ0) is 8.59. The molecule has 0 saturated carbocycles. The Morgan fingerprint density at radius 1 is 1.27 bits per heavy atom. The molecule has 1 aromatic rings. The van der Waals surface area contributed by atoms with Gasteiger partial charge in [0.15, 0.2) is 4.73 Å². The normalized spacial score (nSPS) is 11.1. The predicted molar refractivity (Wildman–Crippen MR) is 55.7 cm³/mol. The van der Waals surface area contributed by atoms with Gasteiger partial charge in [0.1, 0.15) is 9.21 Å². The van der Waals surface area contributed by atoms with Crippen LogP contribution in [0, 0.1) is 0 Å². The van der Waals surface area contributed by atoms with Crippen LogP contribution in [0.25, 0.3) is 0 Å². The second kappa shape index (κ2) is 3.58. The molecule has 0 saturated heterocycles. The summed E-state index contributed by atoms with van der Waals surface area (Å²) < 4.78 is 4.69. The largest absolute Gasteiger partial charge is 0.310 e. The van der Waals surface area contributed by atoms with Crippen molar-refractivity contribution in [1.82, 2.24) is 9.55 Å². The molecule has 0 N–H and O–H groups in total. The van der Waals surface area contributed by atoms with Gasteiger partial charge in [-0.25, -0.2) is 4.98 Å². The van der Waals surface area contributed by atoms with Crippen LogP contribution < -0.4 is 0 Å². The predicted octanol–water partition coefficient (Wildman–Crippen LogP) is 3.75. The summed E-state index contributed by atoms with van der Waals surface area (Å²) in [6.45, 7) is 4.20. The van der Waals surface area contributed by atoms with Crippen LogP contribution >= 0.6 is 47.8 Å². The molecule has 1 rings (SSSR count). The van der Waals surface area contributed by atoms with Crippen LogP contribution in [0.3, 0.4) is 0 Å². The van der Waals surface area contributed by atoms with E-state index >= 15 is 0 Å². The fraction of sp³-hybridized carbons (Fsp3) is 0.500. The standard InChI is InChI=1S/C6H7Br3N2/c1-3(2)11-5(8)4(7)10-6(11)9/h3H,1-2H3. The van der Waals surface area contributed by atoms with E-state index in [0.29, 0.717) is 6.04 Å². The summed E-state index contributed by atoms with van der Waals surface area (Å²) >= 11 is 10.1. The van der Waals surface area contributed by atoms with E-state index in [1.807, 2.05) is 4.57 Å². The summed E-state index contributed by atoms with van der Waals surface area (Å²) in [7, 11) is 0. The molecule has 5 heteroatoms. The van der Waals surface area contributed by atoms with Crippen LogP contribution in [0.15, 0.2) is 13.9 Å². The Balaban J connectivity index is 3.22. The van der Waals surface area contributed by atoms with Gasteiger partial charge in [0.2, 0.25) is 0 Å². The quantitative estimate of drug-likeness (QED) is 0.757. The maximum absolute atomic E-state index is 4.18. The van der Waals surface area contributed by atoms with Gasteiger partial charge in [-0.3, -0.25) is 0 Å². The third-order valence-electron chi connectivity index (χ3n) is 1.29. The molecule has 0 amide bonds. The molecule has 0 radical (unpaired) electrons. The molecule has 0 aliphatic carbocycles. The average Bonchev–Trinajstić information content (AvgIpc) is 2.07. The molecule has 0 spiro atoms. The van der Waals surface area contributed by atoms with Gasteiger partial charge in [-0.2, -0.15) is 0 Å². The lowest BCUT2D eigenvalue weighted by Gasteiger charge is -2.08. The number of halogens is 3. The number of rotatable bonds is 1. The lowest BCUT2D eigenvalue weighted by Crippen LogP contribution is -2.00. The minimum atomic E-state index is 0.401. The van der Waals surface area contributed by atoms with Crippen molar-refractivity contribution in [1.29, 1.82) is 0 Å². The molecule has 0 aliphatic heterocycles. The van der Waals surface area contributed by atoms with Crippen LogP contribution in [-0.2, 0) is 0 Å². The monoisotopic (exact) mass is 344 g/mol. The fourth-order valence-electron chi connectivity index (χ4n) is 0.801. The number of imidazole rings is 1. The molecular formula is C6H7Br3N2. The average molecular weight is 347 g/mol. The van der Waals surface area contributed by atoms with E-state index < -0.39 is 0 Å². The highest BCUT2D eigenvalue weighted by molar-refractivity contribution is 9.13. The lowest BCUT2D eigenvalue weighted by atomic mass is 10.4. The first-order chi connectivity index (χ1) is 5.04. The van der Waals surface area contributed by atoms with Crippen molar-refractivity contribution in [2.24, 2.45) is 0 Å². The molecule has 0 atom stereocenters. The topological polar surface area (TPSA) is 17.8 Å². The number of hydrogen-bond acceptors (Lipinski definition) is 1. The summed E-state index contributed by atoms with van der Waals surface area (Å²) in [6, 6.07) is 0.401. The minimum absolute atomic E-state index is 0.401. The molecule has 11 heavy (non-hydrogen) atoms. The van der Waals surface area contributed by atoms with E-state index in [4.69, 9.17) is 0 Å². The Labute approximate surface area is 90.8 Å². The molecule has 0 aromatic carbocycles. The van der Waals surface area contributed by atoms with E-state index in [9.17, 15) is 0 Å². The van der Waals surface area contributed by atoms with E-state index in [-0.39, 0.29) is 0 Å². The zero-order valence-corrected chi connectivity index (χ0v) is 10.9. The van der Waals surface area contributed by atoms with Crippen molar-refractivity contribution in [2.75, 3.05) is 0 Å². The van der Waals surface area contributed by atoms with E-state index in [0.717, 1.165) is 13.9 Å². The maximum Gasteiger partial charge on any atom is 0.179 e. The number of nitrogens with zero attached hydrogens (tertiary/aromatic N) is 2. The number of hydrogen-bond donors (Lipinski definition) is 0. The molecule has 0 fully saturated rings. The highest BCUT2D eigenvalue weighted by Crippen LogP contribution is 2.29. The molecule has 1 heterocycles. The Morgan fingerprint density at radius 3 is 2.00 bits per heavy atom. The highest BCUT2D eigenvalue weighted by atomic mass is 79.9. The van der Waals surface area contributed by atoms with Crippen molar-refractivity contribution in [3.63, 3.8) is 0 Å². The van der Waals surface area contributed by atoms with Crippen LogP contribution in [0.2, 0.25) is 0 Å². The zero-order valence-electron chi connectivity index (χ0n) is 6.11. The lowest BCUT2D eigenvalue weighted by molar-refractivity contribution is 0.576. The molecule has 0 aliphatic rings. The second-order valence-corrected chi connectivity index (χ2v) is 4.64. The molecule has 0 unspecified atom stereocenters. The Kier molecular flexibility index (Phi) is 3.17. The van der Waals surface area contributed by atoms with E-state index in [1.54, 1.807) is 0 Å². The Hall–Kier alpha value is 0.650. The van der Waals surface area contributed by atoms with Crippen molar-refractivity contribution in [2.45, 2.75) is 19.9 Å². The van der Waals surface area contributed by atoms with Gasteiger partial charge in [-0.05, 0) is 61.6 Å². The third kappa shape index (κ3) is 1.87. The van der Waals surface area contributed by atoms with Crippen molar-refractivity contribution in [3.8, 4) is 0 Å². The summed E-state index contributed by atoms with van der Waals surface area (Å²) in [5.41, 5.74) is 0. The van der Waals surface area contributed by atoms with Gasteiger partial charge in [0, 0.05) is 6.04 Å². The van der Waals surface area contributed by atoms with Crippen molar-refractivity contribution in [3.05, 3.63) is 13.9 Å². The van der Waals surface area contributed by atoms with Gasteiger partial charge in [-0.1, -0.05) is 0 Å². The number of aromatic nitrogens is 2. The molecule has 1 aromatic heterocycles. The van der Waals surface area contributed by atoms with E-state index in [2.05, 4.69) is 66.6 Å². The van der Waals surface area contributed by atoms with Gasteiger partial charge in [-0.15, -0.1) is 0 Å². The van der Waals surface area contributed by atoms with Crippen LogP contribution in [0.1, 0.15) is 19.9 Å². The smallest absolute Gasteiger partial charge is 0.179 e. The van der Waals surface area contributed by atoms with Crippen molar-refractivity contribution < 1.29 is 0 Å². The summed E-state index contributed by atoms with van der Waals surface area (Å²) in [4.78, 5) is 4.18.